The highest BCUT2D eigenvalue weighted by Crippen LogP contribution is 2.30. The van der Waals surface area contributed by atoms with Crippen molar-refractivity contribution in [3.05, 3.63) is 41.2 Å². The molecule has 0 bridgehead atoms. The van der Waals surface area contributed by atoms with Crippen molar-refractivity contribution in [3.8, 4) is 11.5 Å². The monoisotopic (exact) mass is 348 g/mol. The van der Waals surface area contributed by atoms with Gasteiger partial charge in [-0.3, -0.25) is 9.69 Å². The number of aliphatic carboxylic acids is 1. The van der Waals surface area contributed by atoms with Crippen LogP contribution in [-0.2, 0) is 11.3 Å². The second-order valence-electron chi connectivity index (χ2n) is 6.43. The van der Waals surface area contributed by atoms with Crippen LogP contribution in [0.1, 0.15) is 32.4 Å². The number of carboxylic acid groups (broad SMARTS) is 1. The Morgan fingerprint density at radius 2 is 2.04 bits per heavy atom. The number of halogens is 1. The molecule has 1 aromatic heterocycles. The first-order chi connectivity index (χ1) is 11.5. The van der Waals surface area contributed by atoms with Crippen LogP contribution in [0.2, 0.25) is 5.02 Å². The molecule has 0 radical (unpaired) electrons. The summed E-state index contributed by atoms with van der Waals surface area (Å²) in [7, 11) is 0. The van der Waals surface area contributed by atoms with Crippen LogP contribution in [-0.4, -0.2) is 33.0 Å². The molecule has 1 aliphatic rings. The maximum absolute atomic E-state index is 11.4. The van der Waals surface area contributed by atoms with Gasteiger partial charge in [-0.2, -0.15) is 0 Å². The van der Waals surface area contributed by atoms with Gasteiger partial charge >= 0.3 is 5.97 Å². The van der Waals surface area contributed by atoms with E-state index < -0.39 is 5.97 Å². The number of piperidine rings is 1. The SMILES string of the molecule is C[C@@H]1CC[C@H](C(=O)O)[C@H](C)N1Cc1coc(-c2ccc(Cl)cc2)n1. The molecule has 1 fully saturated rings. The fraction of sp³-hybridized carbons (Fsp3) is 0.444. The fourth-order valence-corrected chi connectivity index (χ4v) is 3.51. The second-order valence-corrected chi connectivity index (χ2v) is 6.87. The number of hydrogen-bond donors (Lipinski definition) is 1. The number of likely N-dealkylation sites (tertiary alicyclic amines) is 1. The fourth-order valence-electron chi connectivity index (χ4n) is 3.38. The molecule has 0 unspecified atom stereocenters. The number of oxazole rings is 1. The number of nitrogens with zero attached hydrogens (tertiary/aromatic N) is 2. The Labute approximate surface area is 146 Å². The van der Waals surface area contributed by atoms with Gasteiger partial charge in [0.05, 0.1) is 11.6 Å². The first-order valence-corrected chi connectivity index (χ1v) is 8.52. The van der Waals surface area contributed by atoms with Crippen LogP contribution < -0.4 is 0 Å². The zero-order valence-corrected chi connectivity index (χ0v) is 14.5. The summed E-state index contributed by atoms with van der Waals surface area (Å²) in [5.41, 5.74) is 1.68. The summed E-state index contributed by atoms with van der Waals surface area (Å²) in [4.78, 5) is 18.2. The first kappa shape index (κ1) is 17.0. The molecule has 1 aromatic carbocycles. The number of carboxylic acids is 1. The quantitative estimate of drug-likeness (QED) is 0.902. The Bertz CT molecular complexity index is 713. The van der Waals surface area contributed by atoms with Crippen molar-refractivity contribution in [2.45, 2.75) is 45.3 Å². The Balaban J connectivity index is 1.75. The molecule has 1 N–H and O–H groups in total. The molecule has 128 valence electrons. The van der Waals surface area contributed by atoms with E-state index in [1.807, 2.05) is 19.1 Å². The maximum atomic E-state index is 11.4. The molecule has 5 nitrogen and oxygen atoms in total. The zero-order chi connectivity index (χ0) is 17.3. The lowest BCUT2D eigenvalue weighted by atomic mass is 9.86. The number of rotatable bonds is 4. The van der Waals surface area contributed by atoms with Crippen LogP contribution in [0.4, 0.5) is 0 Å². The van der Waals surface area contributed by atoms with Crippen molar-refractivity contribution >= 4 is 17.6 Å². The summed E-state index contributed by atoms with van der Waals surface area (Å²) in [6.45, 7) is 4.70. The highest BCUT2D eigenvalue weighted by molar-refractivity contribution is 6.30. The molecule has 2 heterocycles. The van der Waals surface area contributed by atoms with Gasteiger partial charge < -0.3 is 9.52 Å². The molecular formula is C18H21ClN2O3. The van der Waals surface area contributed by atoms with Gasteiger partial charge in [0.1, 0.15) is 6.26 Å². The van der Waals surface area contributed by atoms with Gasteiger partial charge in [-0.05, 0) is 51.0 Å². The molecule has 0 saturated carbocycles. The summed E-state index contributed by atoms with van der Waals surface area (Å²) < 4.78 is 5.58. The van der Waals surface area contributed by atoms with Crippen molar-refractivity contribution in [1.29, 1.82) is 0 Å². The van der Waals surface area contributed by atoms with Gasteiger partial charge in [-0.1, -0.05) is 11.6 Å². The third-order valence-electron chi connectivity index (χ3n) is 4.87. The molecule has 1 aliphatic heterocycles. The van der Waals surface area contributed by atoms with Crippen molar-refractivity contribution in [2.75, 3.05) is 0 Å². The standard InChI is InChI=1S/C18H21ClN2O3/c1-11-3-8-16(18(22)23)12(2)21(11)9-15-10-24-17(20-15)13-4-6-14(19)7-5-13/h4-7,10-12,16H,3,8-9H2,1-2H3,(H,22,23)/t11-,12+,16+/m1/s1. The Hall–Kier alpha value is -1.85. The van der Waals surface area contributed by atoms with Crippen LogP contribution in [0.15, 0.2) is 34.9 Å². The number of benzene rings is 1. The molecule has 24 heavy (non-hydrogen) atoms. The van der Waals surface area contributed by atoms with Crippen molar-refractivity contribution in [1.82, 2.24) is 9.88 Å². The van der Waals surface area contributed by atoms with Crippen molar-refractivity contribution in [3.63, 3.8) is 0 Å². The topological polar surface area (TPSA) is 66.6 Å². The Morgan fingerprint density at radius 1 is 1.33 bits per heavy atom. The maximum Gasteiger partial charge on any atom is 0.308 e. The first-order valence-electron chi connectivity index (χ1n) is 8.14. The predicted molar refractivity (Wildman–Crippen MR) is 91.8 cm³/mol. The zero-order valence-electron chi connectivity index (χ0n) is 13.8. The van der Waals surface area contributed by atoms with Gasteiger partial charge in [0.25, 0.3) is 0 Å². The summed E-state index contributed by atoms with van der Waals surface area (Å²) in [6.07, 6.45) is 3.25. The highest BCUT2D eigenvalue weighted by Gasteiger charge is 2.36. The third-order valence-corrected chi connectivity index (χ3v) is 5.12. The average molecular weight is 349 g/mol. The van der Waals surface area contributed by atoms with Crippen molar-refractivity contribution in [2.24, 2.45) is 5.92 Å². The lowest BCUT2D eigenvalue weighted by molar-refractivity contribution is -0.146. The Kier molecular flexibility index (Phi) is 4.92. The normalized spacial score (nSPS) is 24.9. The Morgan fingerprint density at radius 3 is 2.71 bits per heavy atom. The third kappa shape index (κ3) is 3.47. The molecule has 2 aromatic rings. The van der Waals surface area contributed by atoms with E-state index in [0.29, 0.717) is 23.5 Å². The van der Waals surface area contributed by atoms with Crippen LogP contribution in [0.5, 0.6) is 0 Å². The van der Waals surface area contributed by atoms with E-state index in [9.17, 15) is 9.90 Å². The number of hydrogen-bond acceptors (Lipinski definition) is 4. The minimum absolute atomic E-state index is 0.0260. The van der Waals surface area contributed by atoms with E-state index in [1.165, 1.54) is 0 Å². The van der Waals surface area contributed by atoms with E-state index in [4.69, 9.17) is 16.0 Å². The summed E-state index contributed by atoms with van der Waals surface area (Å²) in [6, 6.07) is 7.63. The molecule has 0 amide bonds. The van der Waals surface area contributed by atoms with Crippen LogP contribution in [0, 0.1) is 5.92 Å². The van der Waals surface area contributed by atoms with Gasteiger partial charge in [-0.15, -0.1) is 0 Å². The van der Waals surface area contributed by atoms with Crippen molar-refractivity contribution < 1.29 is 14.3 Å². The van der Waals surface area contributed by atoms with E-state index in [2.05, 4.69) is 16.8 Å². The molecule has 3 atom stereocenters. The molecule has 0 spiro atoms. The average Bonchev–Trinajstić information content (AvgIpc) is 3.00. The van der Waals surface area contributed by atoms with Crippen LogP contribution in [0.3, 0.4) is 0 Å². The summed E-state index contributed by atoms with van der Waals surface area (Å²) in [5.74, 6) is -0.501. The molecule has 6 heteroatoms. The largest absolute Gasteiger partial charge is 0.481 e. The highest BCUT2D eigenvalue weighted by atomic mass is 35.5. The summed E-state index contributed by atoms with van der Waals surface area (Å²) >= 11 is 5.90. The second kappa shape index (κ2) is 6.95. The minimum Gasteiger partial charge on any atom is -0.481 e. The molecule has 3 rings (SSSR count). The molecule has 1 saturated heterocycles. The lowest BCUT2D eigenvalue weighted by Crippen LogP contribution is -2.50. The van der Waals surface area contributed by atoms with Gasteiger partial charge in [0.2, 0.25) is 5.89 Å². The minimum atomic E-state index is -0.721. The molecular weight excluding hydrogens is 328 g/mol. The lowest BCUT2D eigenvalue weighted by Gasteiger charge is -2.41. The van der Waals surface area contributed by atoms with Crippen LogP contribution >= 0.6 is 11.6 Å². The van der Waals surface area contributed by atoms with Gasteiger partial charge in [0.15, 0.2) is 0 Å². The van der Waals surface area contributed by atoms with E-state index in [-0.39, 0.29) is 12.0 Å². The summed E-state index contributed by atoms with van der Waals surface area (Å²) in [5, 5.41) is 10.1. The van der Waals surface area contributed by atoms with Gasteiger partial charge in [-0.25, -0.2) is 4.98 Å². The predicted octanol–water partition coefficient (Wildman–Crippen LogP) is 4.07. The smallest absolute Gasteiger partial charge is 0.308 e. The number of aromatic nitrogens is 1. The van der Waals surface area contributed by atoms with E-state index in [1.54, 1.807) is 18.4 Å². The van der Waals surface area contributed by atoms with E-state index in [0.717, 1.165) is 24.1 Å². The van der Waals surface area contributed by atoms with Crippen LogP contribution in [0.25, 0.3) is 11.5 Å². The molecule has 0 aliphatic carbocycles. The van der Waals surface area contributed by atoms with Gasteiger partial charge in [0, 0.05) is 29.2 Å². The van der Waals surface area contributed by atoms with E-state index >= 15 is 0 Å². The number of carbonyl (C=O) groups is 1.